The first-order valence-electron chi connectivity index (χ1n) is 9.83. The van der Waals surface area contributed by atoms with Crippen LogP contribution in [0.3, 0.4) is 0 Å². The molecule has 1 aliphatic rings. The lowest BCUT2D eigenvalue weighted by atomic mass is 10.1. The van der Waals surface area contributed by atoms with Gasteiger partial charge in [0.2, 0.25) is 0 Å². The van der Waals surface area contributed by atoms with Crippen molar-refractivity contribution in [3.8, 4) is 5.69 Å². The normalized spacial score (nSPS) is 13.8. The van der Waals surface area contributed by atoms with Crippen molar-refractivity contribution >= 4 is 34.8 Å². The molecule has 1 aromatic heterocycles. The summed E-state index contributed by atoms with van der Waals surface area (Å²) in [4.78, 5) is 27.3. The van der Waals surface area contributed by atoms with Gasteiger partial charge in [0.1, 0.15) is 5.69 Å². The van der Waals surface area contributed by atoms with E-state index in [-0.39, 0.29) is 16.8 Å². The van der Waals surface area contributed by atoms with E-state index in [4.69, 9.17) is 22.1 Å². The number of nitrogens with two attached hydrogens (primary N) is 1. The Hall–Kier alpha value is -3.36. The number of nitrogens with one attached hydrogen (secondary N) is 1. The number of nitrogens with zero attached hydrogens (tertiary/aromatic N) is 3. The molecule has 0 atom stereocenters. The number of ether oxygens (including phenoxy) is 1. The monoisotopic (exact) mass is 439 g/mol. The summed E-state index contributed by atoms with van der Waals surface area (Å²) in [5, 5.41) is 7.50. The minimum absolute atomic E-state index is 0.151. The summed E-state index contributed by atoms with van der Waals surface area (Å²) in [6.45, 7) is 3.89. The van der Waals surface area contributed by atoms with Gasteiger partial charge in [-0.1, -0.05) is 17.7 Å². The highest BCUT2D eigenvalue weighted by molar-refractivity contribution is 6.34. The van der Waals surface area contributed by atoms with E-state index >= 15 is 0 Å². The van der Waals surface area contributed by atoms with Gasteiger partial charge in [-0.3, -0.25) is 9.59 Å². The van der Waals surface area contributed by atoms with Gasteiger partial charge >= 0.3 is 0 Å². The van der Waals surface area contributed by atoms with E-state index in [1.54, 1.807) is 52.0 Å². The number of anilines is 2. The van der Waals surface area contributed by atoms with Crippen LogP contribution >= 0.6 is 11.6 Å². The van der Waals surface area contributed by atoms with Crippen molar-refractivity contribution in [3.05, 3.63) is 70.5 Å². The maximum Gasteiger partial charge on any atom is 0.274 e. The van der Waals surface area contributed by atoms with E-state index in [1.807, 2.05) is 13.0 Å². The highest BCUT2D eigenvalue weighted by Crippen LogP contribution is 2.24. The molecule has 0 unspecified atom stereocenters. The number of amides is 2. The number of nitrogen functional groups attached to an aromatic ring is 1. The van der Waals surface area contributed by atoms with Crippen molar-refractivity contribution in [2.75, 3.05) is 37.4 Å². The minimum Gasteiger partial charge on any atom is -0.399 e. The molecular weight excluding hydrogens is 418 g/mol. The van der Waals surface area contributed by atoms with Crippen LogP contribution in [0.1, 0.15) is 26.5 Å². The topological polar surface area (TPSA) is 102 Å². The van der Waals surface area contributed by atoms with Crippen molar-refractivity contribution in [1.82, 2.24) is 14.7 Å². The molecule has 0 saturated carbocycles. The molecule has 1 saturated heterocycles. The molecule has 8 nitrogen and oxygen atoms in total. The number of aromatic nitrogens is 2. The second kappa shape index (κ2) is 8.79. The van der Waals surface area contributed by atoms with Crippen molar-refractivity contribution in [2.24, 2.45) is 0 Å². The fourth-order valence-electron chi connectivity index (χ4n) is 3.41. The van der Waals surface area contributed by atoms with Gasteiger partial charge in [0.15, 0.2) is 0 Å². The largest absolute Gasteiger partial charge is 0.399 e. The predicted octanol–water partition coefficient (Wildman–Crippen LogP) is 3.14. The van der Waals surface area contributed by atoms with Gasteiger partial charge < -0.3 is 20.7 Å². The zero-order chi connectivity index (χ0) is 22.0. The average molecular weight is 440 g/mol. The average Bonchev–Trinajstić information content (AvgIpc) is 3.16. The molecule has 1 aliphatic heterocycles. The Balaban J connectivity index is 1.54. The number of halogens is 1. The number of aryl methyl sites for hydroxylation is 1. The summed E-state index contributed by atoms with van der Waals surface area (Å²) >= 11 is 6.36. The first kappa shape index (κ1) is 20.9. The van der Waals surface area contributed by atoms with E-state index in [0.717, 1.165) is 0 Å². The first-order chi connectivity index (χ1) is 14.9. The van der Waals surface area contributed by atoms with Gasteiger partial charge in [0.25, 0.3) is 11.8 Å². The van der Waals surface area contributed by atoms with E-state index in [2.05, 4.69) is 10.4 Å². The molecule has 0 aliphatic carbocycles. The highest BCUT2D eigenvalue weighted by atomic mass is 35.5. The minimum atomic E-state index is -0.355. The van der Waals surface area contributed by atoms with Crippen LogP contribution in [0.25, 0.3) is 5.69 Å². The quantitative estimate of drug-likeness (QED) is 0.608. The van der Waals surface area contributed by atoms with Crippen molar-refractivity contribution in [2.45, 2.75) is 6.92 Å². The summed E-state index contributed by atoms with van der Waals surface area (Å²) in [6.07, 6.45) is 0. The molecule has 160 valence electrons. The van der Waals surface area contributed by atoms with Crippen LogP contribution in [0.4, 0.5) is 11.4 Å². The summed E-state index contributed by atoms with van der Waals surface area (Å²) in [5.74, 6) is -0.507. The molecule has 0 bridgehead atoms. The van der Waals surface area contributed by atoms with Crippen LogP contribution in [-0.4, -0.2) is 52.8 Å². The molecule has 0 radical (unpaired) electrons. The molecule has 0 spiro atoms. The number of morpholine rings is 1. The van der Waals surface area contributed by atoms with Gasteiger partial charge in [-0.05, 0) is 49.4 Å². The van der Waals surface area contributed by atoms with E-state index in [0.29, 0.717) is 60.3 Å². The SMILES string of the molecule is Cc1cc(C(=O)Nc2ccc(C(=O)N3CCOCC3)c(Cl)c2)n(-c2cccc(N)c2)n1. The van der Waals surface area contributed by atoms with Crippen LogP contribution < -0.4 is 11.1 Å². The van der Waals surface area contributed by atoms with Crippen molar-refractivity contribution in [3.63, 3.8) is 0 Å². The molecule has 2 amide bonds. The van der Waals surface area contributed by atoms with Crippen LogP contribution in [0.15, 0.2) is 48.5 Å². The second-order valence-electron chi connectivity index (χ2n) is 7.23. The Labute approximate surface area is 184 Å². The third kappa shape index (κ3) is 4.55. The van der Waals surface area contributed by atoms with E-state index in [9.17, 15) is 9.59 Å². The Kier molecular flexibility index (Phi) is 5.92. The van der Waals surface area contributed by atoms with Gasteiger partial charge in [-0.2, -0.15) is 5.10 Å². The van der Waals surface area contributed by atoms with Crippen LogP contribution in [0.2, 0.25) is 5.02 Å². The van der Waals surface area contributed by atoms with Crippen molar-refractivity contribution < 1.29 is 14.3 Å². The standard InChI is InChI=1S/C22H22ClN5O3/c1-14-11-20(28(26-14)17-4-2-3-15(24)12-17)21(29)25-16-5-6-18(19(23)13-16)22(30)27-7-9-31-10-8-27/h2-6,11-13H,7-10,24H2,1H3,(H,25,29). The molecule has 9 heteroatoms. The number of benzene rings is 2. The van der Waals surface area contributed by atoms with Crippen molar-refractivity contribution in [1.29, 1.82) is 0 Å². The Morgan fingerprint density at radius 1 is 1.13 bits per heavy atom. The lowest BCUT2D eigenvalue weighted by Gasteiger charge is -2.27. The Morgan fingerprint density at radius 3 is 2.61 bits per heavy atom. The third-order valence-electron chi connectivity index (χ3n) is 4.93. The maximum absolute atomic E-state index is 12.9. The maximum atomic E-state index is 12.9. The molecule has 31 heavy (non-hydrogen) atoms. The first-order valence-corrected chi connectivity index (χ1v) is 10.2. The summed E-state index contributed by atoms with van der Waals surface area (Å²) in [6, 6.07) is 13.7. The fourth-order valence-corrected chi connectivity index (χ4v) is 3.67. The smallest absolute Gasteiger partial charge is 0.274 e. The zero-order valence-corrected chi connectivity index (χ0v) is 17.7. The molecule has 4 rings (SSSR count). The van der Waals surface area contributed by atoms with Crippen LogP contribution in [-0.2, 0) is 4.74 Å². The third-order valence-corrected chi connectivity index (χ3v) is 5.25. The number of rotatable bonds is 4. The molecule has 3 aromatic rings. The summed E-state index contributed by atoms with van der Waals surface area (Å²) in [5.41, 5.74) is 9.04. The summed E-state index contributed by atoms with van der Waals surface area (Å²) in [7, 11) is 0. The molecular formula is C22H22ClN5O3. The highest BCUT2D eigenvalue weighted by Gasteiger charge is 2.21. The molecule has 3 N–H and O–H groups in total. The Bertz CT molecular complexity index is 1140. The zero-order valence-electron chi connectivity index (χ0n) is 17.0. The number of hydrogen-bond donors (Lipinski definition) is 2. The van der Waals surface area contributed by atoms with Gasteiger partial charge in [-0.15, -0.1) is 0 Å². The fraction of sp³-hybridized carbons (Fsp3) is 0.227. The molecule has 2 heterocycles. The van der Waals surface area contributed by atoms with Crippen LogP contribution in [0.5, 0.6) is 0 Å². The van der Waals surface area contributed by atoms with E-state index in [1.165, 1.54) is 0 Å². The second-order valence-corrected chi connectivity index (χ2v) is 7.64. The lowest BCUT2D eigenvalue weighted by Crippen LogP contribution is -2.40. The lowest BCUT2D eigenvalue weighted by molar-refractivity contribution is 0.0303. The Morgan fingerprint density at radius 2 is 1.90 bits per heavy atom. The van der Waals surface area contributed by atoms with Gasteiger partial charge in [0.05, 0.1) is 35.2 Å². The number of hydrogen-bond acceptors (Lipinski definition) is 5. The molecule has 2 aromatic carbocycles. The van der Waals surface area contributed by atoms with Gasteiger partial charge in [0, 0.05) is 24.5 Å². The molecule has 1 fully saturated rings. The summed E-state index contributed by atoms with van der Waals surface area (Å²) < 4.78 is 6.82. The predicted molar refractivity (Wildman–Crippen MR) is 119 cm³/mol. The number of carbonyl (C=O) groups is 2. The van der Waals surface area contributed by atoms with Crippen LogP contribution in [0, 0.1) is 6.92 Å². The number of carbonyl (C=O) groups excluding carboxylic acids is 2. The van der Waals surface area contributed by atoms with Gasteiger partial charge in [-0.25, -0.2) is 4.68 Å². The van der Waals surface area contributed by atoms with E-state index < -0.39 is 0 Å².